The minimum atomic E-state index is -2.60. The first kappa shape index (κ1) is 35.9. The molecule has 0 aromatic carbocycles. The summed E-state index contributed by atoms with van der Waals surface area (Å²) in [6.45, 7) is 21.7. The summed E-state index contributed by atoms with van der Waals surface area (Å²) in [6, 6.07) is -0.0783. The molecule has 0 N–H and O–H groups in total. The van der Waals surface area contributed by atoms with Crippen molar-refractivity contribution in [1.29, 1.82) is 0 Å². The Morgan fingerprint density at radius 1 is 1.07 bits per heavy atom. The van der Waals surface area contributed by atoms with E-state index < -0.39 is 37.0 Å². The second kappa shape index (κ2) is 12.5. The number of hydrogen-bond donors (Lipinski definition) is 0. The lowest BCUT2D eigenvalue weighted by molar-refractivity contribution is -0.195. The van der Waals surface area contributed by atoms with Gasteiger partial charge < -0.3 is 23.5 Å². The van der Waals surface area contributed by atoms with Crippen molar-refractivity contribution >= 4 is 53.4 Å². The molecule has 11 nitrogen and oxygen atoms in total. The Hall–Kier alpha value is -1.43. The number of nitrogens with zero attached hydrogens (tertiary/aromatic N) is 5. The number of rotatable bonds is 7. The molecule has 2 aromatic heterocycles. The number of amides is 1. The highest BCUT2D eigenvalue weighted by molar-refractivity contribution is 8.06. The van der Waals surface area contributed by atoms with Gasteiger partial charge in [-0.1, -0.05) is 54.4 Å². The Bertz CT molecular complexity index is 1470. The van der Waals surface area contributed by atoms with E-state index in [1.807, 2.05) is 34.6 Å². The van der Waals surface area contributed by atoms with Crippen LogP contribution >= 0.6 is 30.5 Å². The largest absolute Gasteiger partial charge is 0.443 e. The molecule has 14 heteroatoms. The van der Waals surface area contributed by atoms with E-state index in [2.05, 4.69) is 51.5 Å². The first-order valence-corrected chi connectivity index (χ1v) is 19.7. The summed E-state index contributed by atoms with van der Waals surface area (Å²) in [4.78, 5) is 24.3. The van der Waals surface area contributed by atoms with Crippen molar-refractivity contribution in [2.45, 2.75) is 154 Å². The smallest absolute Gasteiger partial charge is 0.416 e. The molecule has 1 aliphatic carbocycles. The second-order valence-corrected chi connectivity index (χ2v) is 22.4. The normalized spacial score (nSPS) is 25.7. The van der Waals surface area contributed by atoms with Gasteiger partial charge in [0.25, 0.3) is 0 Å². The van der Waals surface area contributed by atoms with Crippen molar-refractivity contribution in [3.05, 3.63) is 11.5 Å². The molecule has 2 aliphatic heterocycles. The summed E-state index contributed by atoms with van der Waals surface area (Å²) in [6.07, 6.45) is 3.00. The van der Waals surface area contributed by atoms with Crippen LogP contribution in [0.5, 0.6) is 0 Å². The third kappa shape index (κ3) is 6.99. The lowest BCUT2D eigenvalue weighted by Gasteiger charge is -2.41. The first-order valence-electron chi connectivity index (χ1n) is 16.2. The molecule has 1 saturated carbocycles. The van der Waals surface area contributed by atoms with Gasteiger partial charge in [0.1, 0.15) is 25.0 Å². The molecule has 2 aromatic rings. The van der Waals surface area contributed by atoms with Gasteiger partial charge in [0, 0.05) is 27.6 Å². The fraction of sp³-hybridized carbons (Fsp3) is 0.812. The standard InChI is InChI=1S/C32H51ClN5O6PS/c1-29(2,3)44-28(39)37(19-14-12-13-15-19)24-20-16-34-38(25(20)36-27(33)35-24)26-23-22(42-32(10,11)43-23)21(41-26)17-46-18-45(40,30(4,5)6)31(7,8)9/h16,19,21-23,26H,12-15,17-18H2,1-11H3/t21-,22-,23-,26-/m1/s1. The SMILES string of the molecule is CC(C)(C)OC(=O)N(c1nc(Cl)nc2c1cnn2[C@@H]1O[C@H](CSCP(=O)(C(C)(C)C)C(C)(C)C)[C@H]2OC(C)(C)O[C@H]21)C1CCCC1. The van der Waals surface area contributed by atoms with Crippen LogP contribution in [0.25, 0.3) is 11.0 Å². The minimum Gasteiger partial charge on any atom is -0.443 e. The Morgan fingerprint density at radius 3 is 2.26 bits per heavy atom. The van der Waals surface area contributed by atoms with Gasteiger partial charge in [-0.05, 0) is 59.1 Å². The number of fused-ring (bicyclic) bond motifs is 2. The average Bonchev–Trinajstić information content (AvgIpc) is 3.67. The van der Waals surface area contributed by atoms with E-state index in [9.17, 15) is 9.36 Å². The van der Waals surface area contributed by atoms with Gasteiger partial charge in [-0.3, -0.25) is 4.90 Å². The number of anilines is 1. The highest BCUT2D eigenvalue weighted by Crippen LogP contribution is 2.68. The average molecular weight is 700 g/mol. The lowest BCUT2D eigenvalue weighted by atomic mass is 10.1. The zero-order valence-electron chi connectivity index (χ0n) is 29.1. The van der Waals surface area contributed by atoms with Gasteiger partial charge >= 0.3 is 6.09 Å². The van der Waals surface area contributed by atoms with E-state index in [1.54, 1.807) is 27.5 Å². The molecule has 0 bridgehead atoms. The van der Waals surface area contributed by atoms with Crippen LogP contribution in [0.4, 0.5) is 10.6 Å². The molecule has 4 heterocycles. The van der Waals surface area contributed by atoms with Crippen LogP contribution in [0.1, 0.15) is 108 Å². The maximum absolute atomic E-state index is 14.3. The van der Waals surface area contributed by atoms with E-state index in [4.69, 9.17) is 35.6 Å². The van der Waals surface area contributed by atoms with Crippen molar-refractivity contribution in [3.63, 3.8) is 0 Å². The third-order valence-corrected chi connectivity index (χ3v) is 16.3. The Labute approximate surface area is 282 Å². The summed E-state index contributed by atoms with van der Waals surface area (Å²) < 4.78 is 41.2. The summed E-state index contributed by atoms with van der Waals surface area (Å²) in [5.74, 6) is 0.109. The number of carbonyl (C=O) groups excluding carboxylic acids is 1. The van der Waals surface area contributed by atoms with Gasteiger partial charge in [0.2, 0.25) is 5.28 Å². The zero-order chi connectivity index (χ0) is 34.0. The van der Waals surface area contributed by atoms with Gasteiger partial charge in [-0.15, -0.1) is 0 Å². The topological polar surface area (TPSA) is 118 Å². The molecule has 0 radical (unpaired) electrons. The molecule has 4 atom stereocenters. The molecule has 46 heavy (non-hydrogen) atoms. The van der Waals surface area contributed by atoms with Gasteiger partial charge in [0.15, 0.2) is 23.5 Å². The molecule has 258 valence electrons. The quantitative estimate of drug-likeness (QED) is 0.207. The van der Waals surface area contributed by atoms with E-state index in [0.717, 1.165) is 25.7 Å². The van der Waals surface area contributed by atoms with Crippen LogP contribution in [0.3, 0.4) is 0 Å². The number of halogens is 1. The van der Waals surface area contributed by atoms with Crippen molar-refractivity contribution in [2.75, 3.05) is 16.1 Å². The Kier molecular flexibility index (Phi) is 9.72. The molecular formula is C32H51ClN5O6PS. The predicted octanol–water partition coefficient (Wildman–Crippen LogP) is 8.23. The van der Waals surface area contributed by atoms with Gasteiger partial charge in [-0.25, -0.2) is 9.48 Å². The van der Waals surface area contributed by atoms with Crippen molar-refractivity contribution in [1.82, 2.24) is 19.7 Å². The zero-order valence-corrected chi connectivity index (χ0v) is 31.6. The van der Waals surface area contributed by atoms with Crippen molar-refractivity contribution in [3.8, 4) is 0 Å². The van der Waals surface area contributed by atoms with Crippen LogP contribution in [0.15, 0.2) is 6.20 Å². The monoisotopic (exact) mass is 699 g/mol. The lowest BCUT2D eigenvalue weighted by Crippen LogP contribution is -2.43. The number of ether oxygens (including phenoxy) is 4. The third-order valence-electron chi connectivity index (χ3n) is 9.00. The fourth-order valence-corrected chi connectivity index (χ4v) is 14.0. The molecule has 2 saturated heterocycles. The van der Waals surface area contributed by atoms with E-state index >= 15 is 0 Å². The molecule has 5 rings (SSSR count). The number of carbonyl (C=O) groups is 1. The van der Waals surface area contributed by atoms with E-state index in [0.29, 0.717) is 28.1 Å². The Balaban J connectivity index is 1.47. The summed E-state index contributed by atoms with van der Waals surface area (Å²) >= 11 is 8.18. The molecule has 0 spiro atoms. The predicted molar refractivity (Wildman–Crippen MR) is 183 cm³/mol. The van der Waals surface area contributed by atoms with Gasteiger partial charge in [0.05, 0.1) is 17.7 Å². The van der Waals surface area contributed by atoms with Crippen molar-refractivity contribution in [2.24, 2.45) is 0 Å². The maximum atomic E-state index is 14.3. The van der Waals surface area contributed by atoms with Crippen LogP contribution < -0.4 is 4.90 Å². The fourth-order valence-electron chi connectivity index (χ4n) is 6.82. The summed E-state index contributed by atoms with van der Waals surface area (Å²) in [7, 11) is -2.60. The van der Waals surface area contributed by atoms with Crippen LogP contribution in [0.2, 0.25) is 5.28 Å². The van der Waals surface area contributed by atoms with Gasteiger partial charge in [-0.2, -0.15) is 26.8 Å². The number of aromatic nitrogens is 4. The summed E-state index contributed by atoms with van der Waals surface area (Å²) in [5, 5.41) is 4.61. The highest BCUT2D eigenvalue weighted by atomic mass is 35.5. The molecular weight excluding hydrogens is 649 g/mol. The van der Waals surface area contributed by atoms with E-state index in [1.165, 1.54) is 0 Å². The molecule has 0 unspecified atom stereocenters. The summed E-state index contributed by atoms with van der Waals surface area (Å²) in [5.41, 5.74) is 0.274. The molecule has 1 amide bonds. The highest BCUT2D eigenvalue weighted by Gasteiger charge is 2.57. The molecule has 3 aliphatic rings. The van der Waals surface area contributed by atoms with Crippen molar-refractivity contribution < 1.29 is 28.3 Å². The second-order valence-electron chi connectivity index (χ2n) is 16.1. The number of thioether (sulfide) groups is 1. The minimum absolute atomic E-state index is 0.0125. The van der Waals surface area contributed by atoms with Crippen LogP contribution in [-0.2, 0) is 23.5 Å². The van der Waals surface area contributed by atoms with Crippen LogP contribution in [0, 0.1) is 0 Å². The van der Waals surface area contributed by atoms with E-state index in [-0.39, 0.29) is 33.8 Å². The Morgan fingerprint density at radius 2 is 1.67 bits per heavy atom. The maximum Gasteiger partial charge on any atom is 0.416 e. The molecule has 3 fully saturated rings. The number of hydrogen-bond acceptors (Lipinski definition) is 10. The first-order chi connectivity index (χ1) is 21.1. The van der Waals surface area contributed by atoms with Crippen LogP contribution in [-0.4, -0.2) is 83.1 Å².